The van der Waals surface area contributed by atoms with Gasteiger partial charge in [0.1, 0.15) is 5.82 Å². The number of halogens is 2. The SMILES string of the molecule is CC(CCNC(C)(C)C)Cc1cccc(F)c1Cl. The van der Waals surface area contributed by atoms with Crippen molar-refractivity contribution in [1.82, 2.24) is 5.32 Å². The van der Waals surface area contributed by atoms with Gasteiger partial charge < -0.3 is 5.32 Å². The van der Waals surface area contributed by atoms with E-state index in [4.69, 9.17) is 11.6 Å². The van der Waals surface area contributed by atoms with Crippen molar-refractivity contribution in [3.05, 3.63) is 34.6 Å². The van der Waals surface area contributed by atoms with Crippen LogP contribution in [0.3, 0.4) is 0 Å². The molecule has 0 spiro atoms. The Bertz CT molecular complexity index is 385. The van der Waals surface area contributed by atoms with Gasteiger partial charge >= 0.3 is 0 Å². The van der Waals surface area contributed by atoms with Crippen molar-refractivity contribution >= 4 is 11.6 Å². The zero-order valence-corrected chi connectivity index (χ0v) is 12.4. The number of rotatable bonds is 5. The fraction of sp³-hybridized carbons (Fsp3) is 0.600. The quantitative estimate of drug-likeness (QED) is 0.835. The third-order valence-corrected chi connectivity index (χ3v) is 3.32. The summed E-state index contributed by atoms with van der Waals surface area (Å²) in [6, 6.07) is 5.02. The molecule has 18 heavy (non-hydrogen) atoms. The molecule has 0 saturated heterocycles. The maximum Gasteiger partial charge on any atom is 0.142 e. The molecule has 0 aliphatic heterocycles. The van der Waals surface area contributed by atoms with Crippen LogP contribution in [-0.4, -0.2) is 12.1 Å². The van der Waals surface area contributed by atoms with Crippen LogP contribution in [0.25, 0.3) is 0 Å². The van der Waals surface area contributed by atoms with Gasteiger partial charge in [0.05, 0.1) is 5.02 Å². The smallest absolute Gasteiger partial charge is 0.142 e. The molecule has 1 rings (SSSR count). The minimum Gasteiger partial charge on any atom is -0.312 e. The summed E-state index contributed by atoms with van der Waals surface area (Å²) < 4.78 is 13.3. The second-order valence-corrected chi connectivity index (χ2v) is 6.37. The van der Waals surface area contributed by atoms with Gasteiger partial charge in [0.25, 0.3) is 0 Å². The summed E-state index contributed by atoms with van der Waals surface area (Å²) in [5.74, 6) is 0.160. The van der Waals surface area contributed by atoms with Crippen LogP contribution < -0.4 is 5.32 Å². The number of hydrogen-bond acceptors (Lipinski definition) is 1. The van der Waals surface area contributed by atoms with E-state index in [1.54, 1.807) is 6.07 Å². The fourth-order valence-corrected chi connectivity index (χ4v) is 2.08. The van der Waals surface area contributed by atoms with Crippen LogP contribution in [0.1, 0.15) is 39.7 Å². The van der Waals surface area contributed by atoms with Crippen LogP contribution in [-0.2, 0) is 6.42 Å². The highest BCUT2D eigenvalue weighted by Crippen LogP contribution is 2.23. The molecule has 0 amide bonds. The summed E-state index contributed by atoms with van der Waals surface area (Å²) in [4.78, 5) is 0. The Morgan fingerprint density at radius 3 is 2.61 bits per heavy atom. The Hall–Kier alpha value is -0.600. The second kappa shape index (κ2) is 6.53. The van der Waals surface area contributed by atoms with Crippen molar-refractivity contribution in [2.45, 2.75) is 46.1 Å². The number of benzene rings is 1. The van der Waals surface area contributed by atoms with E-state index in [1.807, 2.05) is 6.07 Å². The zero-order chi connectivity index (χ0) is 13.8. The monoisotopic (exact) mass is 271 g/mol. The molecule has 1 aromatic carbocycles. The van der Waals surface area contributed by atoms with Gasteiger partial charge in [0, 0.05) is 5.54 Å². The lowest BCUT2D eigenvalue weighted by molar-refractivity contribution is 0.394. The number of nitrogens with one attached hydrogen (secondary N) is 1. The maximum atomic E-state index is 13.3. The third-order valence-electron chi connectivity index (χ3n) is 2.89. The van der Waals surface area contributed by atoms with Crippen LogP contribution in [0.15, 0.2) is 18.2 Å². The predicted octanol–water partition coefficient (Wildman–Crippen LogP) is 4.44. The van der Waals surface area contributed by atoms with Gasteiger partial charge in [-0.1, -0.05) is 30.7 Å². The average molecular weight is 272 g/mol. The first-order chi connectivity index (χ1) is 8.29. The lowest BCUT2D eigenvalue weighted by Gasteiger charge is -2.22. The van der Waals surface area contributed by atoms with Crippen LogP contribution in [0.5, 0.6) is 0 Å². The minimum atomic E-state index is -0.325. The van der Waals surface area contributed by atoms with Gasteiger partial charge in [0.15, 0.2) is 0 Å². The highest BCUT2D eigenvalue weighted by atomic mass is 35.5. The van der Waals surface area contributed by atoms with E-state index >= 15 is 0 Å². The molecule has 0 aliphatic carbocycles. The molecule has 1 N–H and O–H groups in total. The van der Waals surface area contributed by atoms with E-state index in [0.29, 0.717) is 5.92 Å². The molecule has 0 fully saturated rings. The molecule has 0 heterocycles. The molecule has 1 nitrogen and oxygen atoms in total. The molecule has 0 aromatic heterocycles. The van der Waals surface area contributed by atoms with E-state index in [-0.39, 0.29) is 16.4 Å². The first-order valence-corrected chi connectivity index (χ1v) is 6.85. The molecule has 1 unspecified atom stereocenters. The van der Waals surface area contributed by atoms with Gasteiger partial charge in [-0.25, -0.2) is 4.39 Å². The van der Waals surface area contributed by atoms with Crippen molar-refractivity contribution in [3.8, 4) is 0 Å². The summed E-state index contributed by atoms with van der Waals surface area (Å²) >= 11 is 5.95. The summed E-state index contributed by atoms with van der Waals surface area (Å²) in [7, 11) is 0. The van der Waals surface area contributed by atoms with Gasteiger partial charge in [-0.2, -0.15) is 0 Å². The molecule has 0 aliphatic rings. The van der Waals surface area contributed by atoms with Gasteiger partial charge in [-0.15, -0.1) is 0 Å². The molecular weight excluding hydrogens is 249 g/mol. The van der Waals surface area contributed by atoms with E-state index in [0.717, 1.165) is 24.9 Å². The molecule has 0 saturated carbocycles. The van der Waals surface area contributed by atoms with Crippen molar-refractivity contribution in [3.63, 3.8) is 0 Å². The average Bonchev–Trinajstić information content (AvgIpc) is 2.23. The molecule has 0 bridgehead atoms. The topological polar surface area (TPSA) is 12.0 Å². The van der Waals surface area contributed by atoms with Crippen molar-refractivity contribution in [2.24, 2.45) is 5.92 Å². The highest BCUT2D eigenvalue weighted by Gasteiger charge is 2.12. The van der Waals surface area contributed by atoms with E-state index in [2.05, 4.69) is 33.0 Å². The van der Waals surface area contributed by atoms with Crippen molar-refractivity contribution < 1.29 is 4.39 Å². The second-order valence-electron chi connectivity index (χ2n) is 5.99. The van der Waals surface area contributed by atoms with Crippen LogP contribution in [0, 0.1) is 11.7 Å². The molecule has 102 valence electrons. The summed E-state index contributed by atoms with van der Waals surface area (Å²) in [5.41, 5.74) is 1.05. The van der Waals surface area contributed by atoms with E-state index in [1.165, 1.54) is 6.07 Å². The molecule has 1 atom stereocenters. The Morgan fingerprint density at radius 2 is 2.00 bits per heavy atom. The normalized spacial score (nSPS) is 13.7. The van der Waals surface area contributed by atoms with Crippen molar-refractivity contribution in [1.29, 1.82) is 0 Å². The van der Waals surface area contributed by atoms with Gasteiger partial charge in [-0.05, 0) is 57.7 Å². The summed E-state index contributed by atoms with van der Waals surface area (Å²) in [5, 5.41) is 3.73. The summed E-state index contributed by atoms with van der Waals surface area (Å²) in [6.07, 6.45) is 1.88. The van der Waals surface area contributed by atoms with Gasteiger partial charge in [0.2, 0.25) is 0 Å². The predicted molar refractivity (Wildman–Crippen MR) is 76.7 cm³/mol. The third kappa shape index (κ3) is 5.36. The standard InChI is InChI=1S/C15H23ClFN/c1-11(8-9-18-15(2,3)4)10-12-6-5-7-13(17)14(12)16/h5-7,11,18H,8-10H2,1-4H3. The Labute approximate surface area is 115 Å². The van der Waals surface area contributed by atoms with E-state index < -0.39 is 0 Å². The van der Waals surface area contributed by atoms with Gasteiger partial charge in [-0.3, -0.25) is 0 Å². The van der Waals surface area contributed by atoms with Crippen LogP contribution >= 0.6 is 11.6 Å². The lowest BCUT2D eigenvalue weighted by Crippen LogP contribution is -2.37. The first kappa shape index (κ1) is 15.5. The van der Waals surface area contributed by atoms with Crippen LogP contribution in [0.2, 0.25) is 5.02 Å². The largest absolute Gasteiger partial charge is 0.312 e. The Kier molecular flexibility index (Phi) is 5.61. The Morgan fingerprint density at radius 1 is 1.33 bits per heavy atom. The molecule has 0 radical (unpaired) electrons. The highest BCUT2D eigenvalue weighted by molar-refractivity contribution is 6.31. The Balaban J connectivity index is 2.45. The first-order valence-electron chi connectivity index (χ1n) is 6.47. The molecule has 1 aromatic rings. The maximum absolute atomic E-state index is 13.3. The fourth-order valence-electron chi connectivity index (χ4n) is 1.88. The lowest BCUT2D eigenvalue weighted by atomic mass is 9.97. The summed E-state index contributed by atoms with van der Waals surface area (Å²) in [6.45, 7) is 9.60. The number of hydrogen-bond donors (Lipinski definition) is 1. The molecular formula is C15H23ClFN. The minimum absolute atomic E-state index is 0.149. The van der Waals surface area contributed by atoms with E-state index in [9.17, 15) is 4.39 Å². The zero-order valence-electron chi connectivity index (χ0n) is 11.7. The molecule has 3 heteroatoms. The van der Waals surface area contributed by atoms with Crippen LogP contribution in [0.4, 0.5) is 4.39 Å². The van der Waals surface area contributed by atoms with Crippen molar-refractivity contribution in [2.75, 3.05) is 6.54 Å².